The molecule has 0 heterocycles. The lowest BCUT2D eigenvalue weighted by Gasteiger charge is -2.00. The van der Waals surface area contributed by atoms with Crippen LogP contribution in [0.25, 0.3) is 0 Å². The minimum absolute atomic E-state index is 1.18. The lowest BCUT2D eigenvalue weighted by Crippen LogP contribution is -1.81. The predicted octanol–water partition coefficient (Wildman–Crippen LogP) is 15.4. The molecule has 0 radical (unpaired) electrons. The highest BCUT2D eigenvalue weighted by molar-refractivity contribution is 4.81. The molecule has 0 unspecified atom stereocenters. The van der Waals surface area contributed by atoms with Gasteiger partial charge in [-0.2, -0.15) is 0 Å². The molecule has 0 nitrogen and oxygen atoms in total. The van der Waals surface area contributed by atoms with E-state index in [2.05, 4.69) is 52.7 Å². The maximum atomic E-state index is 3.76. The highest BCUT2D eigenvalue weighted by atomic mass is 14.0. The first-order valence-corrected chi connectivity index (χ1v) is 18.2. The third-order valence-corrected chi connectivity index (χ3v) is 7.44. The van der Waals surface area contributed by atoms with E-state index in [9.17, 15) is 0 Å². The van der Waals surface area contributed by atoms with E-state index in [1.54, 1.807) is 0 Å². The third kappa shape index (κ3) is 53.2. The standard InChI is InChI=1S/C20H38.C14H28.C6H12/c1-3-5-7-9-11-13-15-17-19-20-18-16-14-12-10-8-6-4-2;1-3-5-7-9-11-13-14-12-10-8-6-4-2;1-3-5-6-4-2/h3,14,16H,1,4-13,15,17-20H2,2H3;3H,1,4-14H2,2H3;3H,1,4-6H2,2H3. The van der Waals surface area contributed by atoms with Gasteiger partial charge >= 0.3 is 0 Å². The summed E-state index contributed by atoms with van der Waals surface area (Å²) in [6.07, 6.45) is 50.7. The van der Waals surface area contributed by atoms with Crippen LogP contribution in [0, 0.1) is 0 Å². The van der Waals surface area contributed by atoms with Crippen molar-refractivity contribution in [1.29, 1.82) is 0 Å². The number of unbranched alkanes of at least 4 members (excludes halogenated alkanes) is 25. The number of hydrogen-bond donors (Lipinski definition) is 0. The van der Waals surface area contributed by atoms with Gasteiger partial charge in [-0.3, -0.25) is 0 Å². The quantitative estimate of drug-likeness (QED) is 0.0607. The summed E-state index contributed by atoms with van der Waals surface area (Å²) in [5.74, 6) is 0. The fourth-order valence-corrected chi connectivity index (χ4v) is 4.66. The van der Waals surface area contributed by atoms with Gasteiger partial charge < -0.3 is 0 Å². The van der Waals surface area contributed by atoms with Crippen molar-refractivity contribution in [2.45, 2.75) is 207 Å². The molecule has 0 aromatic carbocycles. The highest BCUT2D eigenvalue weighted by Crippen LogP contribution is 2.12. The maximum Gasteiger partial charge on any atom is -0.0351 e. The minimum Gasteiger partial charge on any atom is -0.103 e. The zero-order valence-electron chi connectivity index (χ0n) is 28.5. The highest BCUT2D eigenvalue weighted by Gasteiger charge is 1.92. The maximum absolute atomic E-state index is 3.76. The van der Waals surface area contributed by atoms with Gasteiger partial charge in [0.25, 0.3) is 0 Å². The van der Waals surface area contributed by atoms with E-state index in [0.29, 0.717) is 0 Å². The Hall–Kier alpha value is -1.04. The lowest BCUT2D eigenvalue weighted by molar-refractivity contribution is 0.558. The van der Waals surface area contributed by atoms with Gasteiger partial charge in [0, 0.05) is 0 Å². The molecule has 0 saturated carbocycles. The molecule has 0 spiro atoms. The molecular formula is C40H78. The number of hydrogen-bond acceptors (Lipinski definition) is 0. The Morgan fingerprint density at radius 1 is 0.275 bits per heavy atom. The van der Waals surface area contributed by atoms with Crippen LogP contribution < -0.4 is 0 Å². The Kier molecular flexibility index (Phi) is 51.8. The summed E-state index contributed by atoms with van der Waals surface area (Å²) in [7, 11) is 0. The van der Waals surface area contributed by atoms with Crippen LogP contribution in [0.3, 0.4) is 0 Å². The van der Waals surface area contributed by atoms with Crippen LogP contribution >= 0.6 is 0 Å². The molecule has 0 atom stereocenters. The second kappa shape index (κ2) is 47.7. The SMILES string of the molecule is C=CCCCC.C=CCCCCCCCCCCC=CCCCCCC.C=CCCCCCCCCCCCC. The van der Waals surface area contributed by atoms with Crippen molar-refractivity contribution in [3.05, 3.63) is 50.1 Å². The van der Waals surface area contributed by atoms with E-state index >= 15 is 0 Å². The molecule has 0 aromatic rings. The van der Waals surface area contributed by atoms with Gasteiger partial charge in [-0.1, -0.05) is 180 Å². The van der Waals surface area contributed by atoms with Crippen LogP contribution in [0.2, 0.25) is 0 Å². The molecule has 0 heteroatoms. The summed E-state index contributed by atoms with van der Waals surface area (Å²) in [5, 5.41) is 0. The van der Waals surface area contributed by atoms with Gasteiger partial charge in [-0.05, 0) is 57.8 Å². The van der Waals surface area contributed by atoms with Gasteiger partial charge in [0.1, 0.15) is 0 Å². The Bertz CT molecular complexity index is 457. The van der Waals surface area contributed by atoms with Crippen LogP contribution in [-0.4, -0.2) is 0 Å². The normalized spacial score (nSPS) is 10.5. The average Bonchev–Trinajstić information content (AvgIpc) is 2.97. The lowest BCUT2D eigenvalue weighted by atomic mass is 10.1. The van der Waals surface area contributed by atoms with E-state index in [4.69, 9.17) is 0 Å². The van der Waals surface area contributed by atoms with Crippen molar-refractivity contribution in [3.8, 4) is 0 Å². The summed E-state index contributed by atoms with van der Waals surface area (Å²) in [6.45, 7) is 17.8. The molecule has 40 heavy (non-hydrogen) atoms. The van der Waals surface area contributed by atoms with Crippen LogP contribution in [0.1, 0.15) is 207 Å². The second-order valence-corrected chi connectivity index (χ2v) is 11.7. The summed E-state index contributed by atoms with van der Waals surface area (Å²) in [6, 6.07) is 0. The molecule has 0 amide bonds. The molecule has 0 aliphatic rings. The second-order valence-electron chi connectivity index (χ2n) is 11.7. The molecule has 0 N–H and O–H groups in total. The van der Waals surface area contributed by atoms with Crippen molar-refractivity contribution in [1.82, 2.24) is 0 Å². The summed E-state index contributed by atoms with van der Waals surface area (Å²) < 4.78 is 0. The zero-order chi connectivity index (χ0) is 30.0. The van der Waals surface area contributed by atoms with E-state index in [1.165, 1.54) is 186 Å². The Balaban J connectivity index is -0.000000591. The van der Waals surface area contributed by atoms with E-state index in [-0.39, 0.29) is 0 Å². The van der Waals surface area contributed by atoms with Crippen molar-refractivity contribution >= 4 is 0 Å². The van der Waals surface area contributed by atoms with Crippen molar-refractivity contribution in [2.75, 3.05) is 0 Å². The third-order valence-electron chi connectivity index (χ3n) is 7.44. The summed E-state index contributed by atoms with van der Waals surface area (Å²) in [5.41, 5.74) is 0. The molecular weight excluding hydrogens is 480 g/mol. The van der Waals surface area contributed by atoms with Crippen molar-refractivity contribution in [2.24, 2.45) is 0 Å². The Labute approximate surface area is 256 Å². The molecule has 0 fully saturated rings. The fourth-order valence-electron chi connectivity index (χ4n) is 4.66. The Morgan fingerprint density at radius 2 is 0.500 bits per heavy atom. The first-order valence-electron chi connectivity index (χ1n) is 18.2. The number of allylic oxidation sites excluding steroid dienone is 5. The van der Waals surface area contributed by atoms with E-state index < -0.39 is 0 Å². The first kappa shape index (κ1) is 43.4. The molecule has 0 aliphatic heterocycles. The zero-order valence-corrected chi connectivity index (χ0v) is 28.5. The molecule has 0 saturated heterocycles. The molecule has 0 aromatic heterocycles. The summed E-state index contributed by atoms with van der Waals surface area (Å²) >= 11 is 0. The van der Waals surface area contributed by atoms with Gasteiger partial charge in [0.2, 0.25) is 0 Å². The van der Waals surface area contributed by atoms with Crippen LogP contribution in [0.4, 0.5) is 0 Å². The van der Waals surface area contributed by atoms with Crippen LogP contribution in [0.5, 0.6) is 0 Å². The molecule has 0 bridgehead atoms. The first-order chi connectivity index (χ1) is 19.7. The fraction of sp³-hybridized carbons (Fsp3) is 0.800. The molecule has 0 rings (SSSR count). The monoisotopic (exact) mass is 559 g/mol. The minimum atomic E-state index is 1.18. The van der Waals surface area contributed by atoms with Crippen LogP contribution in [-0.2, 0) is 0 Å². The van der Waals surface area contributed by atoms with Crippen LogP contribution in [0.15, 0.2) is 50.1 Å². The average molecular weight is 559 g/mol. The largest absolute Gasteiger partial charge is 0.103 e. The van der Waals surface area contributed by atoms with Crippen molar-refractivity contribution < 1.29 is 0 Å². The molecule has 0 aliphatic carbocycles. The predicted molar refractivity (Wildman–Crippen MR) is 191 cm³/mol. The van der Waals surface area contributed by atoms with Gasteiger partial charge in [-0.15, -0.1) is 19.7 Å². The van der Waals surface area contributed by atoms with Gasteiger partial charge in [-0.25, -0.2) is 0 Å². The summed E-state index contributed by atoms with van der Waals surface area (Å²) in [4.78, 5) is 0. The van der Waals surface area contributed by atoms with Gasteiger partial charge in [0.05, 0.1) is 0 Å². The Morgan fingerprint density at radius 3 is 0.775 bits per heavy atom. The molecule has 238 valence electrons. The smallest absolute Gasteiger partial charge is 0.0351 e. The van der Waals surface area contributed by atoms with E-state index in [0.717, 1.165) is 0 Å². The topological polar surface area (TPSA) is 0 Å². The van der Waals surface area contributed by atoms with Crippen molar-refractivity contribution in [3.63, 3.8) is 0 Å². The van der Waals surface area contributed by atoms with Gasteiger partial charge in [0.15, 0.2) is 0 Å². The van der Waals surface area contributed by atoms with E-state index in [1.807, 2.05) is 18.2 Å². The number of rotatable bonds is 30.